The van der Waals surface area contributed by atoms with Gasteiger partial charge in [0.15, 0.2) is 0 Å². The first-order chi connectivity index (χ1) is 10.8. The molecule has 2 N–H and O–H groups in total. The third-order valence-electron chi connectivity index (χ3n) is 4.04. The van der Waals surface area contributed by atoms with Gasteiger partial charge in [0.05, 0.1) is 6.33 Å². The molecular formula is C16H23Cl2N5O. The number of halogens is 2. The van der Waals surface area contributed by atoms with Crippen LogP contribution in [0.2, 0.25) is 0 Å². The summed E-state index contributed by atoms with van der Waals surface area (Å²) >= 11 is 0. The minimum absolute atomic E-state index is 0. The molecule has 0 radical (unpaired) electrons. The van der Waals surface area contributed by atoms with Crippen LogP contribution in [0.4, 0.5) is 0 Å². The standard InChI is InChI=1S/C16H21N5O.2ClH/c22-16(20-8-10-21-9-7-18-12-21)15-11-14(3-6-19-15)13-1-4-17-5-2-13;;/h3,6-7,9,11-13,17H,1-2,4-5,8,10H2,(H,20,22);2*1H. The van der Waals surface area contributed by atoms with Crippen LogP contribution >= 0.6 is 24.8 Å². The van der Waals surface area contributed by atoms with E-state index in [0.717, 1.165) is 25.9 Å². The lowest BCUT2D eigenvalue weighted by atomic mass is 9.90. The number of amides is 1. The van der Waals surface area contributed by atoms with E-state index in [0.29, 0.717) is 24.7 Å². The number of imidazole rings is 1. The number of rotatable bonds is 5. The fourth-order valence-corrected chi connectivity index (χ4v) is 2.79. The van der Waals surface area contributed by atoms with Crippen molar-refractivity contribution >= 4 is 30.7 Å². The molecule has 0 unspecified atom stereocenters. The smallest absolute Gasteiger partial charge is 0.269 e. The monoisotopic (exact) mass is 371 g/mol. The van der Waals surface area contributed by atoms with Gasteiger partial charge in [-0.2, -0.15) is 0 Å². The Labute approximate surface area is 154 Å². The van der Waals surface area contributed by atoms with Crippen LogP contribution in [-0.4, -0.2) is 40.1 Å². The Bertz CT molecular complexity index is 615. The molecule has 0 aromatic carbocycles. The predicted octanol–water partition coefficient (Wildman–Crippen LogP) is 2.02. The Morgan fingerprint density at radius 2 is 2.08 bits per heavy atom. The number of carbonyl (C=O) groups excluding carboxylic acids is 1. The van der Waals surface area contributed by atoms with Gasteiger partial charge in [0, 0.05) is 31.7 Å². The van der Waals surface area contributed by atoms with E-state index in [9.17, 15) is 4.79 Å². The van der Waals surface area contributed by atoms with Crippen molar-refractivity contribution in [3.8, 4) is 0 Å². The lowest BCUT2D eigenvalue weighted by Crippen LogP contribution is -2.29. The molecule has 8 heteroatoms. The number of nitrogens with one attached hydrogen (secondary N) is 2. The highest BCUT2D eigenvalue weighted by Crippen LogP contribution is 2.24. The normalized spacial score (nSPS) is 14.3. The van der Waals surface area contributed by atoms with Crippen molar-refractivity contribution < 1.29 is 4.79 Å². The van der Waals surface area contributed by atoms with Gasteiger partial charge >= 0.3 is 0 Å². The van der Waals surface area contributed by atoms with Crippen LogP contribution in [0.3, 0.4) is 0 Å². The summed E-state index contributed by atoms with van der Waals surface area (Å²) in [4.78, 5) is 20.4. The molecule has 132 valence electrons. The van der Waals surface area contributed by atoms with Crippen LogP contribution in [-0.2, 0) is 6.54 Å². The second-order valence-corrected chi connectivity index (χ2v) is 5.56. The summed E-state index contributed by atoms with van der Waals surface area (Å²) in [6, 6.07) is 3.96. The van der Waals surface area contributed by atoms with Crippen molar-refractivity contribution in [1.82, 2.24) is 25.2 Å². The average Bonchev–Trinajstić information content (AvgIpc) is 3.09. The molecule has 1 aliphatic rings. The SMILES string of the molecule is Cl.Cl.O=C(NCCn1ccnc1)c1cc(C2CCNCC2)ccn1. The van der Waals surface area contributed by atoms with E-state index < -0.39 is 0 Å². The maximum atomic E-state index is 12.2. The number of aromatic nitrogens is 3. The second kappa shape index (κ2) is 10.3. The highest BCUT2D eigenvalue weighted by Gasteiger charge is 2.17. The first-order valence-corrected chi connectivity index (χ1v) is 7.73. The van der Waals surface area contributed by atoms with Gasteiger partial charge in [-0.05, 0) is 49.5 Å². The summed E-state index contributed by atoms with van der Waals surface area (Å²) in [5.74, 6) is 0.414. The average molecular weight is 372 g/mol. The van der Waals surface area contributed by atoms with Gasteiger partial charge in [-0.15, -0.1) is 24.8 Å². The zero-order chi connectivity index (χ0) is 15.2. The number of nitrogens with zero attached hydrogens (tertiary/aromatic N) is 3. The Kier molecular flexibility index (Phi) is 8.74. The molecule has 0 atom stereocenters. The van der Waals surface area contributed by atoms with E-state index in [2.05, 4.69) is 20.6 Å². The first kappa shape index (κ1) is 20.4. The van der Waals surface area contributed by atoms with Crippen molar-refractivity contribution in [2.75, 3.05) is 19.6 Å². The van der Waals surface area contributed by atoms with Crippen LogP contribution in [0.15, 0.2) is 37.1 Å². The van der Waals surface area contributed by atoms with E-state index in [1.165, 1.54) is 5.56 Å². The molecule has 2 aromatic heterocycles. The molecule has 6 nitrogen and oxygen atoms in total. The number of piperidine rings is 1. The Hall–Kier alpha value is -1.63. The van der Waals surface area contributed by atoms with Crippen LogP contribution < -0.4 is 10.6 Å². The van der Waals surface area contributed by atoms with Gasteiger partial charge in [-0.1, -0.05) is 0 Å². The summed E-state index contributed by atoms with van der Waals surface area (Å²) < 4.78 is 1.93. The molecule has 1 saturated heterocycles. The lowest BCUT2D eigenvalue weighted by molar-refractivity contribution is 0.0947. The summed E-state index contributed by atoms with van der Waals surface area (Å²) in [6.07, 6.45) is 9.32. The summed E-state index contributed by atoms with van der Waals surface area (Å²) in [6.45, 7) is 3.35. The van der Waals surface area contributed by atoms with Gasteiger partial charge in [0.25, 0.3) is 5.91 Å². The van der Waals surface area contributed by atoms with Crippen LogP contribution in [0.5, 0.6) is 0 Å². The topological polar surface area (TPSA) is 71.8 Å². The molecule has 0 bridgehead atoms. The number of hydrogen-bond donors (Lipinski definition) is 2. The second-order valence-electron chi connectivity index (χ2n) is 5.56. The summed E-state index contributed by atoms with van der Waals surface area (Å²) in [5.41, 5.74) is 1.72. The van der Waals surface area contributed by atoms with E-state index in [4.69, 9.17) is 0 Å². The molecule has 3 heterocycles. The Balaban J connectivity index is 0.00000144. The molecule has 24 heavy (non-hydrogen) atoms. The molecule has 2 aromatic rings. The highest BCUT2D eigenvalue weighted by atomic mass is 35.5. The molecule has 1 amide bonds. The van der Waals surface area contributed by atoms with Gasteiger partial charge in [0.2, 0.25) is 0 Å². The molecule has 0 aliphatic carbocycles. The quantitative estimate of drug-likeness (QED) is 0.843. The van der Waals surface area contributed by atoms with E-state index in [1.807, 2.05) is 22.9 Å². The lowest BCUT2D eigenvalue weighted by Gasteiger charge is -2.23. The molecule has 1 fully saturated rings. The minimum Gasteiger partial charge on any atom is -0.349 e. The van der Waals surface area contributed by atoms with Crippen molar-refractivity contribution in [3.05, 3.63) is 48.3 Å². The number of hydrogen-bond acceptors (Lipinski definition) is 4. The zero-order valence-corrected chi connectivity index (χ0v) is 15.0. The van der Waals surface area contributed by atoms with Gasteiger partial charge in [0.1, 0.15) is 5.69 Å². The fourth-order valence-electron chi connectivity index (χ4n) is 2.79. The molecule has 1 aliphatic heterocycles. The predicted molar refractivity (Wildman–Crippen MR) is 98.1 cm³/mol. The Morgan fingerprint density at radius 3 is 2.79 bits per heavy atom. The molecule has 0 saturated carbocycles. The minimum atomic E-state index is -0.115. The van der Waals surface area contributed by atoms with Crippen molar-refractivity contribution in [3.63, 3.8) is 0 Å². The van der Waals surface area contributed by atoms with Gasteiger partial charge in [-0.3, -0.25) is 9.78 Å². The number of carbonyl (C=O) groups is 1. The van der Waals surface area contributed by atoms with E-state index in [-0.39, 0.29) is 30.7 Å². The van der Waals surface area contributed by atoms with Crippen molar-refractivity contribution in [2.24, 2.45) is 0 Å². The first-order valence-electron chi connectivity index (χ1n) is 7.73. The summed E-state index contributed by atoms with van der Waals surface area (Å²) in [5, 5.41) is 6.27. The van der Waals surface area contributed by atoms with Crippen LogP contribution in [0.25, 0.3) is 0 Å². The van der Waals surface area contributed by atoms with Crippen LogP contribution in [0, 0.1) is 0 Å². The van der Waals surface area contributed by atoms with Gasteiger partial charge < -0.3 is 15.2 Å². The number of pyridine rings is 1. The highest BCUT2D eigenvalue weighted by molar-refractivity contribution is 5.92. The maximum Gasteiger partial charge on any atom is 0.269 e. The molecule has 3 rings (SSSR count). The van der Waals surface area contributed by atoms with E-state index >= 15 is 0 Å². The third kappa shape index (κ3) is 5.47. The van der Waals surface area contributed by atoms with Crippen molar-refractivity contribution in [1.29, 1.82) is 0 Å². The van der Waals surface area contributed by atoms with Crippen LogP contribution in [0.1, 0.15) is 34.8 Å². The summed E-state index contributed by atoms with van der Waals surface area (Å²) in [7, 11) is 0. The fraction of sp³-hybridized carbons (Fsp3) is 0.438. The Morgan fingerprint density at radius 1 is 1.29 bits per heavy atom. The van der Waals surface area contributed by atoms with Crippen molar-refractivity contribution in [2.45, 2.75) is 25.3 Å². The largest absolute Gasteiger partial charge is 0.349 e. The third-order valence-corrected chi connectivity index (χ3v) is 4.04. The van der Waals surface area contributed by atoms with E-state index in [1.54, 1.807) is 18.7 Å². The maximum absolute atomic E-state index is 12.2. The molecule has 0 spiro atoms. The zero-order valence-electron chi connectivity index (χ0n) is 13.4. The van der Waals surface area contributed by atoms with Gasteiger partial charge in [-0.25, -0.2) is 4.98 Å². The molecular weight excluding hydrogens is 349 g/mol.